The van der Waals surface area contributed by atoms with Gasteiger partial charge >= 0.3 is 5.97 Å². The highest BCUT2D eigenvalue weighted by Crippen LogP contribution is 2.05. The highest BCUT2D eigenvalue weighted by atomic mass is 32.2. The fourth-order valence-electron chi connectivity index (χ4n) is 3.03. The van der Waals surface area contributed by atoms with Crippen molar-refractivity contribution in [3.05, 3.63) is 35.9 Å². The van der Waals surface area contributed by atoms with Crippen LogP contribution in [0.15, 0.2) is 30.3 Å². The molecule has 0 aromatic heterocycles. The Labute approximate surface area is 198 Å². The van der Waals surface area contributed by atoms with Crippen LogP contribution in [-0.4, -0.2) is 72.0 Å². The van der Waals surface area contributed by atoms with E-state index in [0.29, 0.717) is 38.0 Å². The van der Waals surface area contributed by atoms with Gasteiger partial charge in [-0.05, 0) is 56.2 Å². The third kappa shape index (κ3) is 11.7. The van der Waals surface area contributed by atoms with Crippen molar-refractivity contribution in [3.8, 4) is 0 Å². The minimum Gasteiger partial charge on any atom is -0.480 e. The van der Waals surface area contributed by atoms with E-state index < -0.39 is 41.8 Å². The highest BCUT2D eigenvalue weighted by molar-refractivity contribution is 7.98. The molecule has 3 amide bonds. The number of hydrogen-bond acceptors (Lipinski definition) is 7. The molecular formula is C22H35N5O5S. The number of thioether (sulfide) groups is 1. The van der Waals surface area contributed by atoms with Gasteiger partial charge in [-0.3, -0.25) is 14.4 Å². The summed E-state index contributed by atoms with van der Waals surface area (Å²) in [6, 6.07) is 6.46. The van der Waals surface area contributed by atoms with Crippen LogP contribution in [0, 0.1) is 0 Å². The Hall–Kier alpha value is -2.63. The Kier molecular flexibility index (Phi) is 13.8. The second-order valence-corrected chi connectivity index (χ2v) is 8.59. The molecule has 1 aromatic rings. The van der Waals surface area contributed by atoms with Gasteiger partial charge < -0.3 is 32.5 Å². The number of aliphatic carboxylic acids is 1. The van der Waals surface area contributed by atoms with E-state index in [9.17, 15) is 24.3 Å². The largest absolute Gasteiger partial charge is 0.480 e. The Balaban J connectivity index is 2.62. The molecule has 184 valence electrons. The maximum atomic E-state index is 12.7. The number of carbonyl (C=O) groups is 4. The number of carbonyl (C=O) groups excluding carboxylic acids is 3. The summed E-state index contributed by atoms with van der Waals surface area (Å²) in [4.78, 5) is 48.7. The molecule has 0 aliphatic rings. The number of hydrogen-bond donors (Lipinski definition) is 6. The SMILES string of the molecule is CSCCC(NC(=O)C(CCCCN)NC(=O)CNC(=O)C(N)Cc1ccccc1)C(=O)O. The zero-order valence-electron chi connectivity index (χ0n) is 18.9. The lowest BCUT2D eigenvalue weighted by molar-refractivity contribution is -0.142. The number of rotatable bonds is 16. The van der Waals surface area contributed by atoms with Gasteiger partial charge in [-0.2, -0.15) is 11.8 Å². The summed E-state index contributed by atoms with van der Waals surface area (Å²) < 4.78 is 0. The Morgan fingerprint density at radius 1 is 1.00 bits per heavy atom. The first-order valence-electron chi connectivity index (χ1n) is 10.9. The van der Waals surface area contributed by atoms with E-state index in [1.54, 1.807) is 0 Å². The molecule has 0 aliphatic carbocycles. The molecule has 0 heterocycles. The summed E-state index contributed by atoms with van der Waals surface area (Å²) in [5, 5.41) is 16.9. The van der Waals surface area contributed by atoms with Gasteiger partial charge in [-0.1, -0.05) is 30.3 Å². The topological polar surface area (TPSA) is 177 Å². The minimum absolute atomic E-state index is 0.265. The fraction of sp³-hybridized carbons (Fsp3) is 0.545. The number of amides is 3. The Morgan fingerprint density at radius 2 is 1.70 bits per heavy atom. The molecule has 0 saturated heterocycles. The number of nitrogens with one attached hydrogen (secondary N) is 3. The molecule has 1 aromatic carbocycles. The third-order valence-corrected chi connectivity index (χ3v) is 5.53. The van der Waals surface area contributed by atoms with Crippen LogP contribution in [0.2, 0.25) is 0 Å². The molecule has 0 spiro atoms. The molecule has 0 aliphatic heterocycles. The summed E-state index contributed by atoms with van der Waals surface area (Å²) in [6.07, 6.45) is 3.96. The first kappa shape index (κ1) is 28.4. The Morgan fingerprint density at radius 3 is 2.30 bits per heavy atom. The van der Waals surface area contributed by atoms with E-state index in [2.05, 4.69) is 16.0 Å². The second-order valence-electron chi connectivity index (χ2n) is 7.60. The van der Waals surface area contributed by atoms with Crippen molar-refractivity contribution >= 4 is 35.5 Å². The van der Waals surface area contributed by atoms with E-state index in [-0.39, 0.29) is 13.0 Å². The number of unbranched alkanes of at least 4 members (excludes halogenated alkanes) is 1. The monoisotopic (exact) mass is 481 g/mol. The summed E-state index contributed by atoms with van der Waals surface area (Å²) in [7, 11) is 0. The van der Waals surface area contributed by atoms with Crippen LogP contribution in [-0.2, 0) is 25.6 Å². The number of carboxylic acids is 1. The van der Waals surface area contributed by atoms with E-state index in [1.165, 1.54) is 11.8 Å². The van der Waals surface area contributed by atoms with Gasteiger partial charge in [0.25, 0.3) is 0 Å². The van der Waals surface area contributed by atoms with Crippen LogP contribution in [0.3, 0.4) is 0 Å². The molecular weight excluding hydrogens is 446 g/mol. The van der Waals surface area contributed by atoms with Gasteiger partial charge in [-0.15, -0.1) is 0 Å². The van der Waals surface area contributed by atoms with E-state index in [1.807, 2.05) is 36.6 Å². The molecule has 8 N–H and O–H groups in total. The van der Waals surface area contributed by atoms with Gasteiger partial charge in [0, 0.05) is 0 Å². The van der Waals surface area contributed by atoms with Crippen molar-refractivity contribution in [3.63, 3.8) is 0 Å². The summed E-state index contributed by atoms with van der Waals surface area (Å²) in [6.45, 7) is 0.0833. The predicted molar refractivity (Wildman–Crippen MR) is 129 cm³/mol. The van der Waals surface area contributed by atoms with Crippen molar-refractivity contribution in [2.24, 2.45) is 11.5 Å². The fourth-order valence-corrected chi connectivity index (χ4v) is 3.50. The van der Waals surface area contributed by atoms with Gasteiger partial charge in [0.05, 0.1) is 12.6 Å². The maximum absolute atomic E-state index is 12.7. The first-order valence-corrected chi connectivity index (χ1v) is 12.3. The average Bonchev–Trinajstić information content (AvgIpc) is 2.79. The van der Waals surface area contributed by atoms with E-state index in [4.69, 9.17) is 11.5 Å². The van der Waals surface area contributed by atoms with Crippen molar-refractivity contribution < 1.29 is 24.3 Å². The molecule has 10 nitrogen and oxygen atoms in total. The summed E-state index contributed by atoms with van der Waals surface area (Å²) in [5.74, 6) is -2.21. The van der Waals surface area contributed by atoms with Gasteiger partial charge in [0.1, 0.15) is 12.1 Å². The van der Waals surface area contributed by atoms with Gasteiger partial charge in [0.2, 0.25) is 17.7 Å². The maximum Gasteiger partial charge on any atom is 0.326 e. The first-order chi connectivity index (χ1) is 15.8. The van der Waals surface area contributed by atoms with E-state index in [0.717, 1.165) is 5.56 Å². The van der Waals surface area contributed by atoms with Gasteiger partial charge in [0.15, 0.2) is 0 Å². The average molecular weight is 482 g/mol. The molecule has 33 heavy (non-hydrogen) atoms. The van der Waals surface area contributed by atoms with Crippen LogP contribution >= 0.6 is 11.8 Å². The minimum atomic E-state index is -1.14. The lowest BCUT2D eigenvalue weighted by atomic mass is 10.1. The van der Waals surface area contributed by atoms with Crippen LogP contribution in [0.5, 0.6) is 0 Å². The number of benzene rings is 1. The molecule has 0 bridgehead atoms. The number of nitrogens with two attached hydrogens (primary N) is 2. The third-order valence-electron chi connectivity index (χ3n) is 4.88. The van der Waals surface area contributed by atoms with Crippen LogP contribution in [0.4, 0.5) is 0 Å². The van der Waals surface area contributed by atoms with Crippen molar-refractivity contribution in [2.45, 2.75) is 50.2 Å². The van der Waals surface area contributed by atoms with Crippen LogP contribution < -0.4 is 27.4 Å². The zero-order valence-corrected chi connectivity index (χ0v) is 19.7. The summed E-state index contributed by atoms with van der Waals surface area (Å²) >= 11 is 1.47. The lowest BCUT2D eigenvalue weighted by Crippen LogP contribution is -2.54. The lowest BCUT2D eigenvalue weighted by Gasteiger charge is -2.22. The molecule has 3 atom stereocenters. The van der Waals surface area contributed by atoms with Crippen molar-refractivity contribution in [2.75, 3.05) is 25.1 Å². The Bertz CT molecular complexity index is 765. The highest BCUT2D eigenvalue weighted by Gasteiger charge is 2.26. The molecule has 0 radical (unpaired) electrons. The standard InChI is InChI=1S/C22H35N5O5S/c1-33-12-10-18(22(31)32)27-21(30)17(9-5-6-11-23)26-19(28)14-25-20(29)16(24)13-15-7-3-2-4-8-15/h2-4,7-8,16-18H,5-6,9-14,23-24H2,1H3,(H,25,29)(H,26,28)(H,27,30)(H,31,32). The van der Waals surface area contributed by atoms with Crippen LogP contribution in [0.1, 0.15) is 31.2 Å². The smallest absolute Gasteiger partial charge is 0.326 e. The van der Waals surface area contributed by atoms with Crippen LogP contribution in [0.25, 0.3) is 0 Å². The molecule has 1 rings (SSSR count). The molecule has 0 saturated carbocycles. The zero-order chi connectivity index (χ0) is 24.6. The van der Waals surface area contributed by atoms with E-state index >= 15 is 0 Å². The quantitative estimate of drug-likeness (QED) is 0.173. The van der Waals surface area contributed by atoms with Gasteiger partial charge in [-0.25, -0.2) is 4.79 Å². The molecule has 3 unspecified atom stereocenters. The molecule has 11 heteroatoms. The number of carboxylic acid groups (broad SMARTS) is 1. The normalized spacial score (nSPS) is 13.4. The molecule has 0 fully saturated rings. The second kappa shape index (κ2) is 16.1. The van der Waals surface area contributed by atoms with Crippen molar-refractivity contribution in [1.29, 1.82) is 0 Å². The summed E-state index contributed by atoms with van der Waals surface area (Å²) in [5.41, 5.74) is 12.3. The predicted octanol–water partition coefficient (Wildman–Crippen LogP) is -0.391. The van der Waals surface area contributed by atoms with Crippen molar-refractivity contribution in [1.82, 2.24) is 16.0 Å².